The first-order valence-electron chi connectivity index (χ1n) is 5.18. The van der Waals surface area contributed by atoms with Gasteiger partial charge in [0.25, 0.3) is 10.1 Å². The molecule has 0 aliphatic heterocycles. The van der Waals surface area contributed by atoms with Crippen LogP contribution >= 0.6 is 0 Å². The number of fused-ring (bicyclic) bond motifs is 1. The number of hydrogen-bond acceptors (Lipinski definition) is 3. The van der Waals surface area contributed by atoms with Gasteiger partial charge in [-0.3, -0.25) is 4.55 Å². The van der Waals surface area contributed by atoms with Crippen molar-refractivity contribution in [2.75, 3.05) is 0 Å². The standard InChI is InChI=1S/C12H12NO4S.Y/c1-6-3-8-4-9(18(15,16)17)5-10(13)11(8)12(14)7(6)2;/h3-5,13-14H,1-2H3,(H,15,16,17);/q-1;. The summed E-state index contributed by atoms with van der Waals surface area (Å²) in [5, 5.41) is 10.7. The van der Waals surface area contributed by atoms with E-state index in [-0.39, 0.29) is 54.4 Å². The van der Waals surface area contributed by atoms with E-state index in [9.17, 15) is 13.5 Å². The molecular weight excluding hydrogens is 343 g/mol. The van der Waals surface area contributed by atoms with Gasteiger partial charge >= 0.3 is 0 Å². The van der Waals surface area contributed by atoms with Gasteiger partial charge in [0.05, 0.1) is 4.90 Å². The van der Waals surface area contributed by atoms with Gasteiger partial charge in [-0.05, 0) is 36.4 Å². The Morgan fingerprint density at radius 1 is 1.16 bits per heavy atom. The Balaban J connectivity index is 0.00000180. The van der Waals surface area contributed by atoms with Crippen molar-refractivity contribution < 1.29 is 50.8 Å². The molecule has 2 aromatic carbocycles. The van der Waals surface area contributed by atoms with Crippen molar-refractivity contribution in [3.63, 3.8) is 0 Å². The quantitative estimate of drug-likeness (QED) is 0.768. The number of rotatable bonds is 1. The van der Waals surface area contributed by atoms with Crippen LogP contribution < -0.4 is 0 Å². The van der Waals surface area contributed by atoms with E-state index < -0.39 is 10.1 Å². The molecule has 0 spiro atoms. The van der Waals surface area contributed by atoms with Gasteiger partial charge in [-0.15, -0.1) is 5.69 Å². The van der Waals surface area contributed by atoms with Crippen molar-refractivity contribution in [2.24, 2.45) is 0 Å². The zero-order chi connectivity index (χ0) is 13.7. The van der Waals surface area contributed by atoms with Crippen LogP contribution in [0.3, 0.4) is 0 Å². The Morgan fingerprint density at radius 2 is 1.74 bits per heavy atom. The molecule has 0 aliphatic carbocycles. The van der Waals surface area contributed by atoms with Gasteiger partial charge in [-0.1, -0.05) is 12.1 Å². The number of nitrogens with one attached hydrogen (secondary N) is 1. The van der Waals surface area contributed by atoms with Crippen LogP contribution in [0.2, 0.25) is 0 Å². The molecule has 0 aliphatic rings. The van der Waals surface area contributed by atoms with E-state index in [4.69, 9.17) is 10.3 Å². The van der Waals surface area contributed by atoms with Crippen LogP contribution in [0.1, 0.15) is 11.1 Å². The third-order valence-electron chi connectivity index (χ3n) is 3.00. The average molecular weight is 355 g/mol. The molecule has 0 bridgehead atoms. The number of phenols is 1. The maximum absolute atomic E-state index is 11.1. The second-order valence-corrected chi connectivity index (χ2v) is 5.63. The summed E-state index contributed by atoms with van der Waals surface area (Å²) in [4.78, 5) is -0.345. The van der Waals surface area contributed by atoms with E-state index in [2.05, 4.69) is 0 Å². The van der Waals surface area contributed by atoms with E-state index >= 15 is 0 Å². The fourth-order valence-electron chi connectivity index (χ4n) is 1.88. The predicted molar refractivity (Wildman–Crippen MR) is 68.9 cm³/mol. The molecule has 2 rings (SSSR count). The molecule has 0 saturated carbocycles. The van der Waals surface area contributed by atoms with Gasteiger partial charge < -0.3 is 10.8 Å². The van der Waals surface area contributed by atoms with Gasteiger partial charge in [0.2, 0.25) is 0 Å². The average Bonchev–Trinajstić information content (AvgIpc) is 2.23. The summed E-state index contributed by atoms with van der Waals surface area (Å²) >= 11 is 0. The van der Waals surface area contributed by atoms with Crippen LogP contribution in [0.25, 0.3) is 16.5 Å². The summed E-state index contributed by atoms with van der Waals surface area (Å²) in [6.07, 6.45) is 0. The maximum atomic E-state index is 11.1. The first-order chi connectivity index (χ1) is 8.21. The molecule has 5 nitrogen and oxygen atoms in total. The second-order valence-electron chi connectivity index (χ2n) is 4.21. The summed E-state index contributed by atoms with van der Waals surface area (Å²) in [5.41, 5.74) is 9.05. The van der Waals surface area contributed by atoms with E-state index in [1.54, 1.807) is 19.9 Å². The molecule has 0 unspecified atom stereocenters. The number of hydrogen-bond donors (Lipinski definition) is 2. The molecule has 19 heavy (non-hydrogen) atoms. The monoisotopic (exact) mass is 355 g/mol. The van der Waals surface area contributed by atoms with Crippen molar-refractivity contribution in [2.45, 2.75) is 18.7 Å². The van der Waals surface area contributed by atoms with Gasteiger partial charge in [0.15, 0.2) is 0 Å². The Morgan fingerprint density at radius 3 is 2.26 bits per heavy atom. The molecule has 7 heteroatoms. The number of benzene rings is 2. The molecule has 0 amide bonds. The second kappa shape index (κ2) is 5.36. The molecule has 99 valence electrons. The van der Waals surface area contributed by atoms with E-state index in [1.165, 1.54) is 6.07 Å². The minimum atomic E-state index is -4.35. The van der Waals surface area contributed by atoms with Crippen LogP contribution in [0, 0.1) is 13.8 Å². The van der Waals surface area contributed by atoms with E-state index in [0.717, 1.165) is 11.6 Å². The largest absolute Gasteiger partial charge is 0.698 e. The van der Waals surface area contributed by atoms with Crippen molar-refractivity contribution in [1.29, 1.82) is 0 Å². The molecule has 1 radical (unpaired) electrons. The van der Waals surface area contributed by atoms with Crippen molar-refractivity contribution in [3.8, 4) is 5.75 Å². The Hall–Kier alpha value is -0.686. The number of aromatic hydroxyl groups is 1. The molecule has 0 aromatic heterocycles. The van der Waals surface area contributed by atoms with Crippen LogP contribution in [-0.2, 0) is 42.8 Å². The fraction of sp³-hybridized carbons (Fsp3) is 0.167. The minimum Gasteiger partial charge on any atom is -0.698 e. The topological polar surface area (TPSA) is 98.4 Å². The Bertz CT molecular complexity index is 756. The van der Waals surface area contributed by atoms with E-state index in [1.807, 2.05) is 0 Å². The smallest absolute Gasteiger partial charge is 0.294 e. The van der Waals surface area contributed by atoms with Gasteiger partial charge in [0.1, 0.15) is 5.75 Å². The van der Waals surface area contributed by atoms with Crippen LogP contribution in [-0.4, -0.2) is 18.1 Å². The third kappa shape index (κ3) is 2.92. The fourth-order valence-corrected chi connectivity index (χ4v) is 2.42. The zero-order valence-electron chi connectivity index (χ0n) is 10.4. The molecular formula is C12H12NO4SY-. The molecule has 2 aromatic rings. The minimum absolute atomic E-state index is 0. The Kier molecular flexibility index (Phi) is 4.62. The first kappa shape index (κ1) is 16.4. The summed E-state index contributed by atoms with van der Waals surface area (Å²) in [6, 6.07) is 3.94. The van der Waals surface area contributed by atoms with Gasteiger partial charge in [0, 0.05) is 38.1 Å². The Labute approximate surface area is 136 Å². The van der Waals surface area contributed by atoms with Gasteiger partial charge in [-0.2, -0.15) is 8.42 Å². The molecule has 0 heterocycles. The van der Waals surface area contributed by atoms with Crippen LogP contribution in [0.15, 0.2) is 23.1 Å². The van der Waals surface area contributed by atoms with Crippen LogP contribution in [0.5, 0.6) is 5.75 Å². The van der Waals surface area contributed by atoms with Crippen LogP contribution in [0.4, 0.5) is 5.69 Å². The molecule has 0 atom stereocenters. The normalized spacial score (nSPS) is 11.3. The third-order valence-corrected chi connectivity index (χ3v) is 3.83. The van der Waals surface area contributed by atoms with E-state index in [0.29, 0.717) is 10.9 Å². The van der Waals surface area contributed by atoms with Crippen molar-refractivity contribution in [1.82, 2.24) is 0 Å². The number of phenolic OH excluding ortho intramolecular Hbond substituents is 1. The maximum Gasteiger partial charge on any atom is 0.294 e. The summed E-state index contributed by atoms with van der Waals surface area (Å²) in [7, 11) is -4.35. The van der Waals surface area contributed by atoms with Crippen molar-refractivity contribution >= 4 is 26.6 Å². The summed E-state index contributed by atoms with van der Waals surface area (Å²) < 4.78 is 31.1. The number of aryl methyl sites for hydroxylation is 1. The summed E-state index contributed by atoms with van der Waals surface area (Å²) in [5.74, 6) is -0.0307. The summed E-state index contributed by atoms with van der Waals surface area (Å²) in [6.45, 7) is 3.50. The SMILES string of the molecule is Cc1cc2cc(S(=O)(=O)O)cc([NH-])c2c(O)c1C.[Y]. The van der Waals surface area contributed by atoms with Gasteiger partial charge in [-0.25, -0.2) is 0 Å². The molecule has 3 N–H and O–H groups in total. The first-order valence-corrected chi connectivity index (χ1v) is 6.62. The zero-order valence-corrected chi connectivity index (χ0v) is 14.1. The van der Waals surface area contributed by atoms with Crippen molar-refractivity contribution in [3.05, 3.63) is 35.1 Å². The molecule has 0 fully saturated rings. The predicted octanol–water partition coefficient (Wildman–Crippen LogP) is 3.09. The molecule has 0 saturated heterocycles.